The van der Waals surface area contributed by atoms with E-state index in [1.165, 1.54) is 23.1 Å². The lowest BCUT2D eigenvalue weighted by molar-refractivity contribution is -0.137. The van der Waals surface area contributed by atoms with Gasteiger partial charge in [-0.3, -0.25) is 14.5 Å². The highest BCUT2D eigenvalue weighted by atomic mass is 32.2. The Kier molecular flexibility index (Phi) is 6.84. The van der Waals surface area contributed by atoms with Gasteiger partial charge in [-0.05, 0) is 31.2 Å². The maximum absolute atomic E-state index is 13.1. The molecule has 1 unspecified atom stereocenters. The van der Waals surface area contributed by atoms with E-state index in [1.54, 1.807) is 6.08 Å². The standard InChI is InChI=1S/C22H20F3N3O2S/c1-3-12-28-20(30)18(31-21(28)26-15-10-8-14(2)9-11-15)13-19(29)27-17-7-5-4-6-16(17)22(23,24)25/h3-11,18H,1,12-13H2,2H3,(H,27,29). The Bertz CT molecular complexity index is 1020. The molecule has 3 rings (SSSR count). The molecule has 9 heteroatoms. The maximum atomic E-state index is 13.1. The van der Waals surface area contributed by atoms with E-state index in [2.05, 4.69) is 16.9 Å². The summed E-state index contributed by atoms with van der Waals surface area (Å²) in [5.41, 5.74) is 0.436. The largest absolute Gasteiger partial charge is 0.418 e. The van der Waals surface area contributed by atoms with Crippen molar-refractivity contribution in [3.8, 4) is 0 Å². The van der Waals surface area contributed by atoms with Gasteiger partial charge in [0.05, 0.1) is 16.9 Å². The number of benzene rings is 2. The summed E-state index contributed by atoms with van der Waals surface area (Å²) in [6.45, 7) is 5.80. The molecular weight excluding hydrogens is 427 g/mol. The summed E-state index contributed by atoms with van der Waals surface area (Å²) < 4.78 is 39.4. The van der Waals surface area contributed by atoms with Crippen LogP contribution in [0.5, 0.6) is 0 Å². The number of halogens is 3. The maximum Gasteiger partial charge on any atom is 0.418 e. The number of rotatable bonds is 6. The molecule has 0 bridgehead atoms. The van der Waals surface area contributed by atoms with E-state index in [-0.39, 0.29) is 24.6 Å². The van der Waals surface area contributed by atoms with Crippen LogP contribution in [0, 0.1) is 6.92 Å². The SMILES string of the molecule is C=CCN1C(=O)C(CC(=O)Nc2ccccc2C(F)(F)F)SC1=Nc1ccc(C)cc1. The van der Waals surface area contributed by atoms with Gasteiger partial charge >= 0.3 is 6.18 Å². The fourth-order valence-electron chi connectivity index (χ4n) is 2.96. The highest BCUT2D eigenvalue weighted by Crippen LogP contribution is 2.35. The highest BCUT2D eigenvalue weighted by molar-refractivity contribution is 8.15. The topological polar surface area (TPSA) is 61.8 Å². The van der Waals surface area contributed by atoms with Crippen molar-refractivity contribution in [2.24, 2.45) is 4.99 Å². The number of nitrogens with one attached hydrogen (secondary N) is 1. The lowest BCUT2D eigenvalue weighted by atomic mass is 10.1. The average molecular weight is 447 g/mol. The Balaban J connectivity index is 1.76. The Hall–Kier alpha value is -3.07. The quantitative estimate of drug-likeness (QED) is 0.623. The minimum atomic E-state index is -4.60. The molecule has 1 atom stereocenters. The second-order valence-electron chi connectivity index (χ2n) is 6.87. The zero-order valence-corrected chi connectivity index (χ0v) is 17.5. The summed E-state index contributed by atoms with van der Waals surface area (Å²) in [4.78, 5) is 31.1. The van der Waals surface area contributed by atoms with Crippen LogP contribution in [0.1, 0.15) is 17.5 Å². The molecule has 162 valence electrons. The molecular formula is C22H20F3N3O2S. The minimum Gasteiger partial charge on any atom is -0.325 e. The second kappa shape index (κ2) is 9.38. The van der Waals surface area contributed by atoms with Crippen LogP contribution in [0.15, 0.2) is 66.2 Å². The third-order valence-corrected chi connectivity index (χ3v) is 5.64. The average Bonchev–Trinajstić information content (AvgIpc) is 2.98. The summed E-state index contributed by atoms with van der Waals surface area (Å²) in [6.07, 6.45) is -3.34. The molecule has 1 N–H and O–H groups in total. The number of aliphatic imine (C=N–C) groups is 1. The molecule has 31 heavy (non-hydrogen) atoms. The van der Waals surface area contributed by atoms with E-state index in [9.17, 15) is 22.8 Å². The van der Waals surface area contributed by atoms with Crippen LogP contribution < -0.4 is 5.32 Å². The van der Waals surface area contributed by atoms with Crippen molar-refractivity contribution in [1.29, 1.82) is 0 Å². The smallest absolute Gasteiger partial charge is 0.325 e. The zero-order chi connectivity index (χ0) is 22.6. The highest BCUT2D eigenvalue weighted by Gasteiger charge is 2.39. The van der Waals surface area contributed by atoms with Crippen LogP contribution in [0.2, 0.25) is 0 Å². The number of carbonyl (C=O) groups is 2. The summed E-state index contributed by atoms with van der Waals surface area (Å²) in [5, 5.41) is 1.91. The molecule has 2 aromatic rings. The molecule has 5 nitrogen and oxygen atoms in total. The first-order chi connectivity index (χ1) is 14.7. The van der Waals surface area contributed by atoms with Crippen molar-refractivity contribution >= 4 is 40.1 Å². The molecule has 1 heterocycles. The van der Waals surface area contributed by atoms with Crippen molar-refractivity contribution in [1.82, 2.24) is 4.90 Å². The van der Waals surface area contributed by atoms with Gasteiger partial charge in [0.2, 0.25) is 11.8 Å². The molecule has 1 aliphatic rings. The van der Waals surface area contributed by atoms with Crippen molar-refractivity contribution in [2.45, 2.75) is 24.8 Å². The number of amidine groups is 1. The first-order valence-corrected chi connectivity index (χ1v) is 10.3. The van der Waals surface area contributed by atoms with Gasteiger partial charge < -0.3 is 5.32 Å². The molecule has 0 aliphatic carbocycles. The first kappa shape index (κ1) is 22.6. The van der Waals surface area contributed by atoms with Gasteiger partial charge in [0.1, 0.15) is 5.25 Å². The van der Waals surface area contributed by atoms with Crippen LogP contribution in [0.3, 0.4) is 0 Å². The van der Waals surface area contributed by atoms with Crippen LogP contribution in [-0.4, -0.2) is 33.7 Å². The molecule has 2 aromatic carbocycles. The number of anilines is 1. The molecule has 1 aliphatic heterocycles. The van der Waals surface area contributed by atoms with Crippen molar-refractivity contribution in [3.05, 3.63) is 72.3 Å². The Morgan fingerprint density at radius 2 is 1.90 bits per heavy atom. The van der Waals surface area contributed by atoms with E-state index in [0.29, 0.717) is 10.9 Å². The van der Waals surface area contributed by atoms with Gasteiger partial charge in [0.25, 0.3) is 0 Å². The summed E-state index contributed by atoms with van der Waals surface area (Å²) in [6, 6.07) is 12.1. The van der Waals surface area contributed by atoms with Crippen LogP contribution in [-0.2, 0) is 15.8 Å². The monoisotopic (exact) mass is 447 g/mol. The van der Waals surface area contributed by atoms with Gasteiger partial charge in [-0.15, -0.1) is 6.58 Å². The molecule has 1 fully saturated rings. The molecule has 0 aromatic heterocycles. The van der Waals surface area contributed by atoms with Gasteiger partial charge in [-0.2, -0.15) is 13.2 Å². The van der Waals surface area contributed by atoms with Gasteiger partial charge in [0, 0.05) is 13.0 Å². The van der Waals surface area contributed by atoms with Gasteiger partial charge in [-0.25, -0.2) is 4.99 Å². The van der Waals surface area contributed by atoms with Crippen LogP contribution in [0.25, 0.3) is 0 Å². The predicted octanol–water partition coefficient (Wildman–Crippen LogP) is 5.16. The molecule has 0 radical (unpaired) electrons. The molecule has 0 saturated carbocycles. The molecule has 0 spiro atoms. The second-order valence-corrected chi connectivity index (χ2v) is 8.04. The molecule has 1 saturated heterocycles. The lowest BCUT2D eigenvalue weighted by Crippen LogP contribution is -2.33. The number of para-hydroxylation sites is 1. The first-order valence-electron chi connectivity index (χ1n) is 9.39. The number of carbonyl (C=O) groups excluding carboxylic acids is 2. The van der Waals surface area contributed by atoms with Crippen molar-refractivity contribution in [2.75, 3.05) is 11.9 Å². The Labute approximate surface area is 182 Å². The minimum absolute atomic E-state index is 0.214. The number of hydrogen-bond donors (Lipinski definition) is 1. The van der Waals surface area contributed by atoms with E-state index in [0.717, 1.165) is 23.4 Å². The normalized spacial score (nSPS) is 17.8. The summed E-state index contributed by atoms with van der Waals surface area (Å²) >= 11 is 1.11. The van der Waals surface area contributed by atoms with E-state index in [1.807, 2.05) is 31.2 Å². The number of amides is 2. The summed E-state index contributed by atoms with van der Waals surface area (Å²) in [5.74, 6) is -1.02. The van der Waals surface area contributed by atoms with Crippen LogP contribution >= 0.6 is 11.8 Å². The lowest BCUT2D eigenvalue weighted by Gasteiger charge is -2.15. The van der Waals surface area contributed by atoms with Crippen LogP contribution in [0.4, 0.5) is 24.5 Å². The third-order valence-electron chi connectivity index (χ3n) is 4.47. The van der Waals surface area contributed by atoms with E-state index < -0.39 is 22.9 Å². The fraction of sp³-hybridized carbons (Fsp3) is 0.227. The van der Waals surface area contributed by atoms with Crippen molar-refractivity contribution < 1.29 is 22.8 Å². The fourth-order valence-corrected chi connectivity index (χ4v) is 4.13. The van der Waals surface area contributed by atoms with Gasteiger partial charge in [-0.1, -0.05) is 47.7 Å². The van der Waals surface area contributed by atoms with E-state index >= 15 is 0 Å². The third kappa shape index (κ3) is 5.55. The van der Waals surface area contributed by atoms with Crippen molar-refractivity contribution in [3.63, 3.8) is 0 Å². The Morgan fingerprint density at radius 3 is 2.55 bits per heavy atom. The Morgan fingerprint density at radius 1 is 1.23 bits per heavy atom. The van der Waals surface area contributed by atoms with E-state index in [4.69, 9.17) is 0 Å². The summed E-state index contributed by atoms with van der Waals surface area (Å²) in [7, 11) is 0. The molecule has 2 amide bonds. The number of aryl methyl sites for hydroxylation is 1. The number of hydrogen-bond acceptors (Lipinski definition) is 4. The predicted molar refractivity (Wildman–Crippen MR) is 116 cm³/mol. The van der Waals surface area contributed by atoms with Gasteiger partial charge in [0.15, 0.2) is 5.17 Å². The number of nitrogens with zero attached hydrogens (tertiary/aromatic N) is 2. The number of thioether (sulfide) groups is 1. The zero-order valence-electron chi connectivity index (χ0n) is 16.6. The number of alkyl halides is 3.